The van der Waals surface area contributed by atoms with Crippen molar-refractivity contribution in [1.29, 1.82) is 0 Å². The topological polar surface area (TPSA) is 105 Å². The molecule has 2 amide bonds. The number of ether oxygens (including phenoxy) is 2. The number of benzene rings is 3. The molecule has 10 heteroatoms. The number of hydrogen-bond donors (Lipinski definition) is 1. The van der Waals surface area contributed by atoms with Crippen LogP contribution in [0.1, 0.15) is 30.4 Å². The van der Waals surface area contributed by atoms with Gasteiger partial charge in [0.2, 0.25) is 10.0 Å². The van der Waals surface area contributed by atoms with E-state index in [1.807, 2.05) is 30.3 Å². The largest absolute Gasteiger partial charge is 0.483 e. The van der Waals surface area contributed by atoms with E-state index in [1.165, 1.54) is 15.3 Å². The van der Waals surface area contributed by atoms with E-state index in [-0.39, 0.29) is 29.9 Å². The summed E-state index contributed by atoms with van der Waals surface area (Å²) in [6, 6.07) is 21.3. The van der Waals surface area contributed by atoms with Crippen molar-refractivity contribution in [3.05, 3.63) is 83.9 Å². The highest BCUT2D eigenvalue weighted by Crippen LogP contribution is 2.33. The molecule has 3 aromatic carbocycles. The molecule has 0 bridgehead atoms. The van der Waals surface area contributed by atoms with E-state index >= 15 is 0 Å². The Kier molecular flexibility index (Phi) is 8.37. The van der Waals surface area contributed by atoms with Crippen molar-refractivity contribution in [2.75, 3.05) is 31.1 Å². The molecule has 0 unspecified atom stereocenters. The minimum absolute atomic E-state index is 0.0336. The van der Waals surface area contributed by atoms with Gasteiger partial charge in [-0.1, -0.05) is 48.9 Å². The van der Waals surface area contributed by atoms with Crippen LogP contribution in [0.3, 0.4) is 0 Å². The number of para-hydroxylation sites is 2. The van der Waals surface area contributed by atoms with Crippen LogP contribution >= 0.6 is 0 Å². The Bertz CT molecular complexity index is 1470. The van der Waals surface area contributed by atoms with Gasteiger partial charge >= 0.3 is 0 Å². The molecule has 0 spiro atoms. The summed E-state index contributed by atoms with van der Waals surface area (Å²) in [4.78, 5) is 28.0. The number of aryl methyl sites for hydroxylation is 1. The number of carbonyl (C=O) groups is 2. The summed E-state index contributed by atoms with van der Waals surface area (Å²) < 4.78 is 39.4. The number of nitrogens with one attached hydrogen (secondary N) is 1. The molecule has 3 aromatic rings. The lowest BCUT2D eigenvalue weighted by atomic mass is 10.1. The molecule has 2 aliphatic heterocycles. The van der Waals surface area contributed by atoms with E-state index in [0.29, 0.717) is 42.4 Å². The summed E-state index contributed by atoms with van der Waals surface area (Å²) in [7, 11) is -3.57. The van der Waals surface area contributed by atoms with Crippen LogP contribution in [-0.4, -0.2) is 56.9 Å². The predicted molar refractivity (Wildman–Crippen MR) is 151 cm³/mol. The Morgan fingerprint density at radius 3 is 2.45 bits per heavy atom. The highest BCUT2D eigenvalue weighted by Gasteiger charge is 2.34. The van der Waals surface area contributed by atoms with Crippen LogP contribution in [0, 0.1) is 6.92 Å². The van der Waals surface area contributed by atoms with Gasteiger partial charge in [0.1, 0.15) is 11.5 Å². The first-order valence-electron chi connectivity index (χ1n) is 13.4. The Morgan fingerprint density at radius 2 is 1.70 bits per heavy atom. The van der Waals surface area contributed by atoms with Crippen LogP contribution in [0.2, 0.25) is 0 Å². The smallest absolute Gasteiger partial charge is 0.265 e. The van der Waals surface area contributed by atoms with Crippen LogP contribution in [-0.2, 0) is 26.2 Å². The molecule has 0 saturated carbocycles. The second kappa shape index (κ2) is 12.1. The van der Waals surface area contributed by atoms with Gasteiger partial charge in [0.25, 0.3) is 11.8 Å². The average molecular weight is 564 g/mol. The van der Waals surface area contributed by atoms with Gasteiger partial charge in [-0.3, -0.25) is 9.59 Å². The zero-order chi connectivity index (χ0) is 28.1. The standard InChI is InChI=1S/C30H33N3O6S/c1-22-18-24(40(36,37)32-16-8-3-9-17-32)14-15-26(22)38-21-29(34)33-20-28(39-27-13-7-6-12-25(27)33)30(35)31-19-23-10-4-2-5-11-23/h2,4-7,10-15,18,28H,3,8-9,16-17,19-21H2,1H3,(H,31,35)/t28-/m1/s1. The number of sulfonamides is 1. The maximum absolute atomic E-state index is 13.3. The SMILES string of the molecule is Cc1cc(S(=O)(=O)N2CCCCC2)ccc1OCC(=O)N1C[C@H](C(=O)NCc2ccccc2)Oc2ccccc21. The maximum Gasteiger partial charge on any atom is 0.265 e. The van der Waals surface area contributed by atoms with Crippen LogP contribution in [0.25, 0.3) is 0 Å². The summed E-state index contributed by atoms with van der Waals surface area (Å²) in [5, 5.41) is 2.88. The highest BCUT2D eigenvalue weighted by atomic mass is 32.2. The normalized spacial score (nSPS) is 17.4. The van der Waals surface area contributed by atoms with Crippen molar-refractivity contribution in [3.8, 4) is 11.5 Å². The Hall–Kier alpha value is -3.89. The molecule has 1 atom stereocenters. The van der Waals surface area contributed by atoms with E-state index < -0.39 is 16.1 Å². The second-order valence-corrected chi connectivity index (χ2v) is 11.9. The zero-order valence-corrected chi connectivity index (χ0v) is 23.2. The third-order valence-corrected chi connectivity index (χ3v) is 9.02. The van der Waals surface area contributed by atoms with Crippen molar-refractivity contribution in [3.63, 3.8) is 0 Å². The fraction of sp³-hybridized carbons (Fsp3) is 0.333. The van der Waals surface area contributed by atoms with Gasteiger partial charge in [-0.15, -0.1) is 0 Å². The lowest BCUT2D eigenvalue weighted by molar-refractivity contribution is -0.128. The van der Waals surface area contributed by atoms with Crippen LogP contribution < -0.4 is 19.7 Å². The number of nitrogens with zero attached hydrogens (tertiary/aromatic N) is 2. The van der Waals surface area contributed by atoms with Crippen molar-refractivity contribution < 1.29 is 27.5 Å². The first kappa shape index (κ1) is 27.7. The third kappa shape index (κ3) is 6.13. The summed E-state index contributed by atoms with van der Waals surface area (Å²) in [5.74, 6) is 0.189. The van der Waals surface area contributed by atoms with Gasteiger partial charge in [-0.05, 0) is 61.2 Å². The summed E-state index contributed by atoms with van der Waals surface area (Å²) in [6.45, 7) is 2.91. The van der Waals surface area contributed by atoms with E-state index in [4.69, 9.17) is 9.47 Å². The van der Waals surface area contributed by atoms with Crippen LogP contribution in [0.15, 0.2) is 77.7 Å². The molecule has 1 N–H and O–H groups in total. The zero-order valence-electron chi connectivity index (χ0n) is 22.4. The molecule has 2 heterocycles. The number of carbonyl (C=O) groups excluding carboxylic acids is 2. The van der Waals surface area contributed by atoms with E-state index in [9.17, 15) is 18.0 Å². The number of hydrogen-bond acceptors (Lipinski definition) is 6. The molecule has 210 valence electrons. The van der Waals surface area contributed by atoms with Crippen molar-refractivity contribution in [2.45, 2.75) is 43.7 Å². The lowest BCUT2D eigenvalue weighted by Crippen LogP contribution is -2.51. The quantitative estimate of drug-likeness (QED) is 0.449. The highest BCUT2D eigenvalue weighted by molar-refractivity contribution is 7.89. The first-order valence-corrected chi connectivity index (χ1v) is 14.9. The van der Waals surface area contributed by atoms with Gasteiger partial charge in [0.05, 0.1) is 17.1 Å². The van der Waals surface area contributed by atoms with Gasteiger partial charge < -0.3 is 19.7 Å². The Labute approximate surface area is 234 Å². The fourth-order valence-electron chi connectivity index (χ4n) is 4.92. The molecule has 5 rings (SSSR count). The molecular formula is C30H33N3O6S. The summed E-state index contributed by atoms with van der Waals surface area (Å²) >= 11 is 0. The molecule has 0 radical (unpaired) electrons. The van der Waals surface area contributed by atoms with Crippen molar-refractivity contribution >= 4 is 27.5 Å². The van der Waals surface area contributed by atoms with Crippen molar-refractivity contribution in [2.24, 2.45) is 0 Å². The molecule has 40 heavy (non-hydrogen) atoms. The second-order valence-electron chi connectivity index (χ2n) is 9.96. The molecule has 1 saturated heterocycles. The summed E-state index contributed by atoms with van der Waals surface area (Å²) in [6.07, 6.45) is 1.88. The van der Waals surface area contributed by atoms with Crippen LogP contribution in [0.4, 0.5) is 5.69 Å². The summed E-state index contributed by atoms with van der Waals surface area (Å²) in [5.41, 5.74) is 2.13. The first-order chi connectivity index (χ1) is 19.3. The van der Waals surface area contributed by atoms with Gasteiger partial charge in [-0.25, -0.2) is 8.42 Å². The maximum atomic E-state index is 13.3. The number of piperidine rings is 1. The van der Waals surface area contributed by atoms with Crippen molar-refractivity contribution in [1.82, 2.24) is 9.62 Å². The Balaban J connectivity index is 1.25. The van der Waals surface area contributed by atoms with Gasteiger partial charge in [-0.2, -0.15) is 4.31 Å². The molecule has 0 aromatic heterocycles. The molecule has 9 nitrogen and oxygen atoms in total. The minimum Gasteiger partial charge on any atom is -0.483 e. The Morgan fingerprint density at radius 1 is 0.975 bits per heavy atom. The molecule has 1 fully saturated rings. The molecular weight excluding hydrogens is 530 g/mol. The lowest BCUT2D eigenvalue weighted by Gasteiger charge is -2.34. The van der Waals surface area contributed by atoms with Crippen LogP contribution in [0.5, 0.6) is 11.5 Å². The monoisotopic (exact) mass is 563 g/mol. The van der Waals surface area contributed by atoms with E-state index in [1.54, 1.807) is 43.3 Å². The minimum atomic E-state index is -3.57. The van der Waals surface area contributed by atoms with E-state index in [0.717, 1.165) is 24.8 Å². The third-order valence-electron chi connectivity index (χ3n) is 7.13. The fourth-order valence-corrected chi connectivity index (χ4v) is 6.52. The molecule has 0 aliphatic carbocycles. The van der Waals surface area contributed by atoms with E-state index in [2.05, 4.69) is 5.32 Å². The number of fused-ring (bicyclic) bond motifs is 1. The number of amides is 2. The number of anilines is 1. The number of rotatable bonds is 8. The average Bonchev–Trinajstić information content (AvgIpc) is 2.99. The predicted octanol–water partition coefficient (Wildman–Crippen LogP) is 3.66. The van der Waals surface area contributed by atoms with Gasteiger partial charge in [0, 0.05) is 19.6 Å². The van der Waals surface area contributed by atoms with Gasteiger partial charge in [0.15, 0.2) is 12.7 Å². The molecule has 2 aliphatic rings.